The SMILES string of the molecule is OCC[C@@H]1CC1CC1CCN(c2ncc(Cl)cn2)CC1. The lowest BCUT2D eigenvalue weighted by atomic mass is 9.91. The Morgan fingerprint density at radius 1 is 1.20 bits per heavy atom. The number of hydrogen-bond acceptors (Lipinski definition) is 4. The lowest BCUT2D eigenvalue weighted by Gasteiger charge is -2.32. The molecule has 5 heteroatoms. The molecule has 0 amide bonds. The summed E-state index contributed by atoms with van der Waals surface area (Å²) in [5, 5.41) is 9.54. The van der Waals surface area contributed by atoms with Gasteiger partial charge in [-0.15, -0.1) is 0 Å². The monoisotopic (exact) mass is 295 g/mol. The van der Waals surface area contributed by atoms with Crippen molar-refractivity contribution in [3.05, 3.63) is 17.4 Å². The maximum atomic E-state index is 8.95. The number of rotatable bonds is 5. The maximum absolute atomic E-state index is 8.95. The Morgan fingerprint density at radius 3 is 2.55 bits per heavy atom. The molecule has 1 N–H and O–H groups in total. The minimum atomic E-state index is 0.355. The predicted molar refractivity (Wildman–Crippen MR) is 79.9 cm³/mol. The molecule has 4 nitrogen and oxygen atoms in total. The van der Waals surface area contributed by atoms with Crippen molar-refractivity contribution in [3.8, 4) is 0 Å². The first-order chi connectivity index (χ1) is 9.76. The Labute approximate surface area is 125 Å². The summed E-state index contributed by atoms with van der Waals surface area (Å²) in [7, 11) is 0. The number of hydrogen-bond donors (Lipinski definition) is 1. The van der Waals surface area contributed by atoms with Gasteiger partial charge in [0.1, 0.15) is 0 Å². The third-order valence-electron chi connectivity index (χ3n) is 4.71. The number of aliphatic hydroxyl groups is 1. The zero-order valence-corrected chi connectivity index (χ0v) is 12.5. The van der Waals surface area contributed by atoms with Crippen molar-refractivity contribution < 1.29 is 5.11 Å². The molecule has 1 unspecified atom stereocenters. The highest BCUT2D eigenvalue weighted by atomic mass is 35.5. The summed E-state index contributed by atoms with van der Waals surface area (Å²) in [5.41, 5.74) is 0. The standard InChI is InChI=1S/C15H22ClN3O/c16-14-9-17-15(18-10-14)19-4-1-11(2-5-19)7-13-8-12(13)3-6-20/h9-13,20H,1-8H2/t12-,13?/m1/s1. The Bertz CT molecular complexity index is 431. The highest BCUT2D eigenvalue weighted by Crippen LogP contribution is 2.46. The molecule has 1 saturated carbocycles. The van der Waals surface area contributed by atoms with E-state index in [1.807, 2.05) is 0 Å². The van der Waals surface area contributed by atoms with E-state index in [2.05, 4.69) is 14.9 Å². The molecular weight excluding hydrogens is 274 g/mol. The molecule has 1 aliphatic heterocycles. The van der Waals surface area contributed by atoms with Crippen molar-refractivity contribution >= 4 is 17.5 Å². The van der Waals surface area contributed by atoms with Gasteiger partial charge in [0.05, 0.1) is 17.4 Å². The van der Waals surface area contributed by atoms with Crippen LogP contribution < -0.4 is 4.90 Å². The number of piperidine rings is 1. The molecule has 0 aromatic carbocycles. The molecule has 2 atom stereocenters. The Morgan fingerprint density at radius 2 is 1.90 bits per heavy atom. The molecule has 1 aromatic heterocycles. The quantitative estimate of drug-likeness (QED) is 0.907. The van der Waals surface area contributed by atoms with Gasteiger partial charge in [0.15, 0.2) is 0 Å². The Balaban J connectivity index is 1.44. The van der Waals surface area contributed by atoms with E-state index in [1.165, 1.54) is 25.7 Å². The van der Waals surface area contributed by atoms with Crippen LogP contribution in [0.1, 0.15) is 32.1 Å². The third kappa shape index (κ3) is 3.41. The van der Waals surface area contributed by atoms with Crippen LogP contribution in [-0.2, 0) is 0 Å². The number of aromatic nitrogens is 2. The fraction of sp³-hybridized carbons (Fsp3) is 0.733. The minimum Gasteiger partial charge on any atom is -0.396 e. The first kappa shape index (κ1) is 14.1. The Kier molecular flexibility index (Phi) is 4.41. The second kappa shape index (κ2) is 6.27. The van der Waals surface area contributed by atoms with Crippen LogP contribution in [0.3, 0.4) is 0 Å². The van der Waals surface area contributed by atoms with E-state index in [0.717, 1.165) is 43.2 Å². The highest BCUT2D eigenvalue weighted by Gasteiger charge is 2.38. The van der Waals surface area contributed by atoms with Gasteiger partial charge in [-0.1, -0.05) is 11.6 Å². The van der Waals surface area contributed by atoms with Gasteiger partial charge in [0.2, 0.25) is 5.95 Å². The zero-order valence-electron chi connectivity index (χ0n) is 11.7. The molecule has 110 valence electrons. The summed E-state index contributed by atoms with van der Waals surface area (Å²) < 4.78 is 0. The molecule has 0 radical (unpaired) electrons. The van der Waals surface area contributed by atoms with E-state index in [1.54, 1.807) is 12.4 Å². The summed E-state index contributed by atoms with van der Waals surface area (Å²) in [6.45, 7) is 2.45. The number of anilines is 1. The molecule has 1 aromatic rings. The lowest BCUT2D eigenvalue weighted by Crippen LogP contribution is -2.35. The second-order valence-electron chi connectivity index (χ2n) is 6.14. The predicted octanol–water partition coefficient (Wildman–Crippen LogP) is 2.76. The molecule has 0 bridgehead atoms. The summed E-state index contributed by atoms with van der Waals surface area (Å²) in [6.07, 6.45) is 9.48. The van der Waals surface area contributed by atoms with Gasteiger partial charge >= 0.3 is 0 Å². The van der Waals surface area contributed by atoms with Crippen LogP contribution in [0.2, 0.25) is 5.02 Å². The van der Waals surface area contributed by atoms with E-state index in [9.17, 15) is 0 Å². The van der Waals surface area contributed by atoms with E-state index >= 15 is 0 Å². The Hall–Kier alpha value is -0.870. The van der Waals surface area contributed by atoms with Crippen molar-refractivity contribution in [2.45, 2.75) is 32.1 Å². The van der Waals surface area contributed by atoms with Crippen molar-refractivity contribution in [1.29, 1.82) is 0 Å². The largest absolute Gasteiger partial charge is 0.396 e. The molecular formula is C15H22ClN3O. The van der Waals surface area contributed by atoms with Gasteiger partial charge in [-0.25, -0.2) is 9.97 Å². The summed E-state index contributed by atoms with van der Waals surface area (Å²) in [4.78, 5) is 10.8. The fourth-order valence-electron chi connectivity index (χ4n) is 3.38. The number of nitrogens with zero attached hydrogens (tertiary/aromatic N) is 3. The second-order valence-corrected chi connectivity index (χ2v) is 6.57. The van der Waals surface area contributed by atoms with E-state index in [-0.39, 0.29) is 0 Å². The van der Waals surface area contributed by atoms with E-state index < -0.39 is 0 Å². The normalized spacial score (nSPS) is 26.8. The highest BCUT2D eigenvalue weighted by molar-refractivity contribution is 6.30. The van der Waals surface area contributed by atoms with Crippen LogP contribution in [0, 0.1) is 17.8 Å². The van der Waals surface area contributed by atoms with Crippen LogP contribution in [0.4, 0.5) is 5.95 Å². The third-order valence-corrected chi connectivity index (χ3v) is 4.90. The fourth-order valence-corrected chi connectivity index (χ4v) is 3.48. The first-order valence-electron chi connectivity index (χ1n) is 7.59. The van der Waals surface area contributed by atoms with Gasteiger partial charge in [-0.05, 0) is 49.9 Å². The van der Waals surface area contributed by atoms with Crippen LogP contribution in [0.25, 0.3) is 0 Å². The minimum absolute atomic E-state index is 0.355. The van der Waals surface area contributed by atoms with Gasteiger partial charge in [0, 0.05) is 19.7 Å². The molecule has 3 rings (SSSR count). The lowest BCUT2D eigenvalue weighted by molar-refractivity contribution is 0.272. The molecule has 1 aliphatic carbocycles. The van der Waals surface area contributed by atoms with Crippen molar-refractivity contribution in [1.82, 2.24) is 9.97 Å². The maximum Gasteiger partial charge on any atom is 0.225 e. The molecule has 0 spiro atoms. The summed E-state index contributed by atoms with van der Waals surface area (Å²) >= 11 is 5.82. The average molecular weight is 296 g/mol. The topological polar surface area (TPSA) is 49.2 Å². The van der Waals surface area contributed by atoms with Crippen LogP contribution in [0.15, 0.2) is 12.4 Å². The molecule has 1 saturated heterocycles. The van der Waals surface area contributed by atoms with Crippen LogP contribution >= 0.6 is 11.6 Å². The number of aliphatic hydroxyl groups excluding tert-OH is 1. The molecule has 20 heavy (non-hydrogen) atoms. The average Bonchev–Trinajstić information content (AvgIpc) is 3.19. The molecule has 2 heterocycles. The van der Waals surface area contributed by atoms with Gasteiger partial charge < -0.3 is 10.0 Å². The van der Waals surface area contributed by atoms with E-state index in [4.69, 9.17) is 16.7 Å². The van der Waals surface area contributed by atoms with Crippen molar-refractivity contribution in [3.63, 3.8) is 0 Å². The first-order valence-corrected chi connectivity index (χ1v) is 7.97. The van der Waals surface area contributed by atoms with Gasteiger partial charge in [0.25, 0.3) is 0 Å². The number of halogens is 1. The van der Waals surface area contributed by atoms with Crippen molar-refractivity contribution in [2.75, 3.05) is 24.6 Å². The zero-order chi connectivity index (χ0) is 13.9. The van der Waals surface area contributed by atoms with Crippen LogP contribution in [-0.4, -0.2) is 34.8 Å². The molecule has 2 fully saturated rings. The molecule has 2 aliphatic rings. The smallest absolute Gasteiger partial charge is 0.225 e. The van der Waals surface area contributed by atoms with Gasteiger partial charge in [-0.2, -0.15) is 0 Å². The summed E-state index contributed by atoms with van der Waals surface area (Å²) in [6, 6.07) is 0. The van der Waals surface area contributed by atoms with Crippen LogP contribution in [0.5, 0.6) is 0 Å². The van der Waals surface area contributed by atoms with Crippen molar-refractivity contribution in [2.24, 2.45) is 17.8 Å². The summed E-state index contributed by atoms with van der Waals surface area (Å²) in [5.74, 6) is 3.33. The van der Waals surface area contributed by atoms with Gasteiger partial charge in [-0.3, -0.25) is 0 Å². The van der Waals surface area contributed by atoms with E-state index in [0.29, 0.717) is 11.6 Å².